The molecule has 5 nitrogen and oxygen atoms in total. The Kier molecular flexibility index (Phi) is 5.10. The summed E-state index contributed by atoms with van der Waals surface area (Å²) in [6.07, 6.45) is 9.05. The summed E-state index contributed by atoms with van der Waals surface area (Å²) in [5, 5.41) is 1.98. The molecule has 0 saturated carbocycles. The second kappa shape index (κ2) is 7.24. The summed E-state index contributed by atoms with van der Waals surface area (Å²) in [5.41, 5.74) is 0.560. The fourth-order valence-electron chi connectivity index (χ4n) is 3.02. The van der Waals surface area contributed by atoms with E-state index in [-0.39, 0.29) is 5.91 Å². The average Bonchev–Trinajstić information content (AvgIpc) is 3.02. The number of amides is 1. The summed E-state index contributed by atoms with van der Waals surface area (Å²) in [5.74, 6) is 0.0493. The first kappa shape index (κ1) is 15.5. The number of thiazole rings is 1. The minimum absolute atomic E-state index is 0.0493. The Balaban J connectivity index is 1.60. The van der Waals surface area contributed by atoms with Crippen molar-refractivity contribution in [3.63, 3.8) is 0 Å². The average molecular weight is 320 g/mol. The third-order valence-corrected chi connectivity index (χ3v) is 5.14. The molecule has 2 aromatic rings. The lowest BCUT2D eigenvalue weighted by molar-refractivity contribution is 0.0740. The first-order valence-electron chi connectivity index (χ1n) is 8.22. The molecule has 1 amide bonds. The molecule has 1 saturated heterocycles. The number of aromatic nitrogens is 2. The predicted octanol–water partition coefficient (Wildman–Crippen LogP) is 2.73. The van der Waals surface area contributed by atoms with Crippen LogP contribution in [0, 0.1) is 0 Å². The highest BCUT2D eigenvalue weighted by molar-refractivity contribution is 7.15. The molecular formula is C16H24N4OS. The number of imidazole rings is 1. The summed E-state index contributed by atoms with van der Waals surface area (Å²) in [7, 11) is 0. The van der Waals surface area contributed by atoms with Gasteiger partial charge >= 0.3 is 0 Å². The molecule has 0 radical (unpaired) electrons. The number of fused-ring (bicyclic) bond motifs is 1. The fraction of sp³-hybridized carbons (Fsp3) is 0.625. The van der Waals surface area contributed by atoms with Crippen molar-refractivity contribution >= 4 is 22.2 Å². The molecule has 2 aromatic heterocycles. The summed E-state index contributed by atoms with van der Waals surface area (Å²) in [4.78, 5) is 22.3. The van der Waals surface area contributed by atoms with E-state index >= 15 is 0 Å². The minimum Gasteiger partial charge on any atom is -0.336 e. The molecule has 1 fully saturated rings. The summed E-state index contributed by atoms with van der Waals surface area (Å²) < 4.78 is 1.92. The van der Waals surface area contributed by atoms with Crippen LogP contribution in [0.5, 0.6) is 0 Å². The van der Waals surface area contributed by atoms with Crippen LogP contribution in [0.1, 0.15) is 43.1 Å². The molecule has 0 atom stereocenters. The Morgan fingerprint density at radius 3 is 2.77 bits per heavy atom. The normalized spacial score (nSPS) is 16.8. The Labute approximate surface area is 135 Å². The number of nitrogens with zero attached hydrogens (tertiary/aromatic N) is 4. The van der Waals surface area contributed by atoms with Crippen LogP contribution in [0.25, 0.3) is 4.96 Å². The number of hydrogen-bond donors (Lipinski definition) is 0. The van der Waals surface area contributed by atoms with E-state index in [2.05, 4.69) is 9.88 Å². The van der Waals surface area contributed by atoms with Crippen molar-refractivity contribution in [2.75, 3.05) is 32.7 Å². The van der Waals surface area contributed by atoms with E-state index in [1.165, 1.54) is 38.8 Å². The molecule has 0 spiro atoms. The molecule has 120 valence electrons. The maximum Gasteiger partial charge on any atom is 0.274 e. The highest BCUT2D eigenvalue weighted by atomic mass is 32.1. The number of carbonyl (C=O) groups excluding carboxylic acids is 1. The van der Waals surface area contributed by atoms with Gasteiger partial charge in [-0.15, -0.1) is 11.3 Å². The van der Waals surface area contributed by atoms with Crippen molar-refractivity contribution in [3.05, 3.63) is 23.5 Å². The molecule has 1 aliphatic rings. The predicted molar refractivity (Wildman–Crippen MR) is 89.6 cm³/mol. The van der Waals surface area contributed by atoms with Crippen LogP contribution < -0.4 is 0 Å². The standard InChI is InChI=1S/C16H24N4OS/c1-2-19(10-9-18-7-5-3-4-6-8-18)15(21)14-13-20-11-12-22-16(20)17-14/h11-13H,2-10H2,1H3. The lowest BCUT2D eigenvalue weighted by atomic mass is 10.2. The van der Waals surface area contributed by atoms with Crippen LogP contribution in [0.4, 0.5) is 0 Å². The van der Waals surface area contributed by atoms with Gasteiger partial charge in [-0.05, 0) is 32.9 Å². The zero-order chi connectivity index (χ0) is 15.4. The molecule has 0 aliphatic carbocycles. The maximum absolute atomic E-state index is 12.6. The smallest absolute Gasteiger partial charge is 0.274 e. The van der Waals surface area contributed by atoms with Gasteiger partial charge < -0.3 is 9.80 Å². The van der Waals surface area contributed by atoms with Gasteiger partial charge in [0.15, 0.2) is 4.96 Å². The number of hydrogen-bond acceptors (Lipinski definition) is 4. The molecule has 22 heavy (non-hydrogen) atoms. The SMILES string of the molecule is CCN(CCN1CCCCCC1)C(=O)c1cn2ccsc2n1. The van der Waals surface area contributed by atoms with Crippen molar-refractivity contribution in [3.8, 4) is 0 Å². The van der Waals surface area contributed by atoms with Crippen LogP contribution in [-0.2, 0) is 0 Å². The largest absolute Gasteiger partial charge is 0.336 e. The first-order chi connectivity index (χ1) is 10.8. The van der Waals surface area contributed by atoms with Crippen molar-refractivity contribution < 1.29 is 4.79 Å². The van der Waals surface area contributed by atoms with Crippen molar-refractivity contribution in [2.45, 2.75) is 32.6 Å². The van der Waals surface area contributed by atoms with Gasteiger partial charge in [-0.1, -0.05) is 12.8 Å². The van der Waals surface area contributed by atoms with Crippen LogP contribution in [0.2, 0.25) is 0 Å². The molecule has 0 N–H and O–H groups in total. The van der Waals surface area contributed by atoms with Gasteiger partial charge in [0.25, 0.3) is 5.91 Å². The Morgan fingerprint density at radius 1 is 1.32 bits per heavy atom. The molecule has 1 aliphatic heterocycles. The lowest BCUT2D eigenvalue weighted by Gasteiger charge is -2.25. The summed E-state index contributed by atoms with van der Waals surface area (Å²) >= 11 is 1.56. The third kappa shape index (κ3) is 3.50. The van der Waals surface area contributed by atoms with Gasteiger partial charge in [0.1, 0.15) is 5.69 Å². The maximum atomic E-state index is 12.6. The topological polar surface area (TPSA) is 40.9 Å². The van der Waals surface area contributed by atoms with E-state index in [1.54, 1.807) is 11.3 Å². The first-order valence-corrected chi connectivity index (χ1v) is 9.09. The van der Waals surface area contributed by atoms with Crippen LogP contribution in [0.15, 0.2) is 17.8 Å². The molecule has 0 bridgehead atoms. The zero-order valence-electron chi connectivity index (χ0n) is 13.2. The van der Waals surface area contributed by atoms with Crippen LogP contribution in [0.3, 0.4) is 0 Å². The van der Waals surface area contributed by atoms with E-state index in [0.717, 1.165) is 24.6 Å². The van der Waals surface area contributed by atoms with E-state index < -0.39 is 0 Å². The van der Waals surface area contributed by atoms with Crippen molar-refractivity contribution in [1.82, 2.24) is 19.2 Å². The van der Waals surface area contributed by atoms with Crippen molar-refractivity contribution in [1.29, 1.82) is 0 Å². The van der Waals surface area contributed by atoms with Gasteiger partial charge in [0.05, 0.1) is 0 Å². The number of likely N-dealkylation sites (N-methyl/N-ethyl adjacent to an activating group) is 1. The van der Waals surface area contributed by atoms with Gasteiger partial charge in [-0.2, -0.15) is 0 Å². The van der Waals surface area contributed by atoms with E-state index in [0.29, 0.717) is 5.69 Å². The monoisotopic (exact) mass is 320 g/mol. The number of carbonyl (C=O) groups is 1. The lowest BCUT2D eigenvalue weighted by Crippen LogP contribution is -2.39. The number of likely N-dealkylation sites (tertiary alicyclic amines) is 1. The van der Waals surface area contributed by atoms with Crippen LogP contribution >= 0.6 is 11.3 Å². The Morgan fingerprint density at radius 2 is 2.09 bits per heavy atom. The molecule has 3 heterocycles. The van der Waals surface area contributed by atoms with Gasteiger partial charge in [0.2, 0.25) is 0 Å². The molecular weight excluding hydrogens is 296 g/mol. The van der Waals surface area contributed by atoms with Gasteiger partial charge in [0, 0.05) is 37.4 Å². The highest BCUT2D eigenvalue weighted by Gasteiger charge is 2.19. The van der Waals surface area contributed by atoms with E-state index in [1.807, 2.05) is 34.0 Å². The molecule has 3 rings (SSSR count). The Bertz CT molecular complexity index is 584. The third-order valence-electron chi connectivity index (χ3n) is 4.37. The number of rotatable bonds is 5. The Hall–Kier alpha value is -1.40. The minimum atomic E-state index is 0.0493. The fourth-order valence-corrected chi connectivity index (χ4v) is 3.72. The summed E-state index contributed by atoms with van der Waals surface area (Å²) in [6.45, 7) is 6.89. The summed E-state index contributed by atoms with van der Waals surface area (Å²) in [6, 6.07) is 0. The van der Waals surface area contributed by atoms with Crippen LogP contribution in [-0.4, -0.2) is 57.8 Å². The van der Waals surface area contributed by atoms with Gasteiger partial charge in [-0.3, -0.25) is 9.20 Å². The highest BCUT2D eigenvalue weighted by Crippen LogP contribution is 2.13. The second-order valence-corrected chi connectivity index (χ2v) is 6.73. The van der Waals surface area contributed by atoms with Gasteiger partial charge in [-0.25, -0.2) is 4.98 Å². The quantitative estimate of drug-likeness (QED) is 0.850. The van der Waals surface area contributed by atoms with E-state index in [4.69, 9.17) is 0 Å². The second-order valence-electron chi connectivity index (χ2n) is 5.86. The zero-order valence-corrected chi connectivity index (χ0v) is 14.0. The van der Waals surface area contributed by atoms with E-state index in [9.17, 15) is 4.79 Å². The molecule has 6 heteroatoms. The van der Waals surface area contributed by atoms with Crippen molar-refractivity contribution in [2.24, 2.45) is 0 Å². The molecule has 0 aromatic carbocycles. The molecule has 0 unspecified atom stereocenters.